The van der Waals surface area contributed by atoms with Crippen LogP contribution in [0.2, 0.25) is 0 Å². The van der Waals surface area contributed by atoms with E-state index < -0.39 is 10.0 Å². The van der Waals surface area contributed by atoms with Gasteiger partial charge in [-0.1, -0.05) is 24.3 Å². The third-order valence-corrected chi connectivity index (χ3v) is 4.99. The van der Waals surface area contributed by atoms with Crippen molar-refractivity contribution in [3.63, 3.8) is 0 Å². The molecular formula is C18H22N2O4S. The van der Waals surface area contributed by atoms with Crippen LogP contribution in [0.15, 0.2) is 53.4 Å². The lowest BCUT2D eigenvalue weighted by Crippen LogP contribution is -2.37. The van der Waals surface area contributed by atoms with Crippen LogP contribution in [0.25, 0.3) is 0 Å². The highest BCUT2D eigenvalue weighted by atomic mass is 32.2. The fourth-order valence-corrected chi connectivity index (χ4v) is 3.35. The predicted molar refractivity (Wildman–Crippen MR) is 96.1 cm³/mol. The Labute approximate surface area is 148 Å². The number of methoxy groups -OCH3 is 1. The summed E-state index contributed by atoms with van der Waals surface area (Å²) in [6.45, 7) is 1.93. The van der Waals surface area contributed by atoms with E-state index in [0.717, 1.165) is 16.9 Å². The lowest BCUT2D eigenvalue weighted by Gasteiger charge is -2.09. The second kappa shape index (κ2) is 8.64. The molecule has 0 aliphatic heterocycles. The first kappa shape index (κ1) is 19.0. The van der Waals surface area contributed by atoms with Gasteiger partial charge >= 0.3 is 0 Å². The van der Waals surface area contributed by atoms with Crippen LogP contribution in [0.5, 0.6) is 5.75 Å². The van der Waals surface area contributed by atoms with Gasteiger partial charge in [0.2, 0.25) is 15.9 Å². The fourth-order valence-electron chi connectivity index (χ4n) is 2.26. The van der Waals surface area contributed by atoms with E-state index in [9.17, 15) is 13.2 Å². The number of carbonyl (C=O) groups excluding carboxylic acids is 1. The Morgan fingerprint density at radius 1 is 1.12 bits per heavy atom. The van der Waals surface area contributed by atoms with E-state index in [4.69, 9.17) is 4.74 Å². The van der Waals surface area contributed by atoms with Crippen LogP contribution in [0.3, 0.4) is 0 Å². The van der Waals surface area contributed by atoms with Crippen LogP contribution in [0.4, 0.5) is 0 Å². The van der Waals surface area contributed by atoms with Crippen LogP contribution in [0.1, 0.15) is 11.1 Å². The summed E-state index contributed by atoms with van der Waals surface area (Å²) >= 11 is 0. The molecule has 2 rings (SSSR count). The zero-order valence-electron chi connectivity index (χ0n) is 14.3. The maximum Gasteiger partial charge on any atom is 0.241 e. The van der Waals surface area contributed by atoms with Crippen molar-refractivity contribution in [1.29, 1.82) is 0 Å². The summed E-state index contributed by atoms with van der Waals surface area (Å²) in [6, 6.07) is 14.1. The number of ether oxygens (including phenoxy) is 1. The SMILES string of the molecule is COc1cccc(CCNC(=O)CNS(=O)(=O)c2cccc(C)c2)c1. The topological polar surface area (TPSA) is 84.5 Å². The Morgan fingerprint density at radius 2 is 1.88 bits per heavy atom. The lowest BCUT2D eigenvalue weighted by atomic mass is 10.1. The van der Waals surface area contributed by atoms with Crippen LogP contribution < -0.4 is 14.8 Å². The normalized spacial score (nSPS) is 11.1. The van der Waals surface area contributed by atoms with Crippen LogP contribution in [0, 0.1) is 6.92 Å². The summed E-state index contributed by atoms with van der Waals surface area (Å²) < 4.78 is 31.8. The molecule has 25 heavy (non-hydrogen) atoms. The van der Waals surface area contributed by atoms with Crippen molar-refractivity contribution in [1.82, 2.24) is 10.0 Å². The molecule has 6 nitrogen and oxygen atoms in total. The van der Waals surface area contributed by atoms with Crippen molar-refractivity contribution in [3.8, 4) is 5.75 Å². The fraction of sp³-hybridized carbons (Fsp3) is 0.278. The number of hydrogen-bond acceptors (Lipinski definition) is 4. The summed E-state index contributed by atoms with van der Waals surface area (Å²) in [5, 5.41) is 2.70. The average Bonchev–Trinajstić information content (AvgIpc) is 2.60. The van der Waals surface area contributed by atoms with Crippen molar-refractivity contribution >= 4 is 15.9 Å². The number of nitrogens with one attached hydrogen (secondary N) is 2. The molecule has 0 aliphatic rings. The molecule has 7 heteroatoms. The second-order valence-corrected chi connectivity index (χ2v) is 7.36. The first-order valence-electron chi connectivity index (χ1n) is 7.87. The summed E-state index contributed by atoms with van der Waals surface area (Å²) in [7, 11) is -2.09. The van der Waals surface area contributed by atoms with Crippen molar-refractivity contribution in [3.05, 3.63) is 59.7 Å². The quantitative estimate of drug-likeness (QED) is 0.748. The first-order chi connectivity index (χ1) is 11.9. The van der Waals surface area contributed by atoms with E-state index in [-0.39, 0.29) is 17.3 Å². The van der Waals surface area contributed by atoms with Gasteiger partial charge in [-0.25, -0.2) is 13.1 Å². The molecule has 134 valence electrons. The summed E-state index contributed by atoms with van der Waals surface area (Å²) in [5.74, 6) is 0.383. The molecule has 0 aromatic heterocycles. The maximum absolute atomic E-state index is 12.1. The maximum atomic E-state index is 12.1. The Kier molecular flexibility index (Phi) is 6.55. The van der Waals surface area contributed by atoms with Crippen LogP contribution in [-0.4, -0.2) is 34.5 Å². The molecule has 0 saturated heterocycles. The number of amides is 1. The number of sulfonamides is 1. The number of carbonyl (C=O) groups is 1. The van der Waals surface area contributed by atoms with Gasteiger partial charge in [0.15, 0.2) is 0 Å². The zero-order valence-corrected chi connectivity index (χ0v) is 15.1. The average molecular weight is 362 g/mol. The number of rotatable bonds is 8. The monoisotopic (exact) mass is 362 g/mol. The second-order valence-electron chi connectivity index (χ2n) is 5.59. The van der Waals surface area contributed by atoms with E-state index in [1.165, 1.54) is 6.07 Å². The van der Waals surface area contributed by atoms with Gasteiger partial charge in [0.05, 0.1) is 18.6 Å². The van der Waals surface area contributed by atoms with Crippen LogP contribution >= 0.6 is 0 Å². The van der Waals surface area contributed by atoms with Gasteiger partial charge in [-0.15, -0.1) is 0 Å². The third-order valence-electron chi connectivity index (χ3n) is 3.59. The van der Waals surface area contributed by atoms with Crippen LogP contribution in [-0.2, 0) is 21.2 Å². The van der Waals surface area contributed by atoms with Gasteiger partial charge in [-0.05, 0) is 48.7 Å². The van der Waals surface area contributed by atoms with Gasteiger partial charge in [-0.3, -0.25) is 4.79 Å². The number of aryl methyl sites for hydroxylation is 1. The highest BCUT2D eigenvalue weighted by molar-refractivity contribution is 7.89. The van der Waals surface area contributed by atoms with Gasteiger partial charge in [0.1, 0.15) is 5.75 Å². The highest BCUT2D eigenvalue weighted by Crippen LogP contribution is 2.12. The van der Waals surface area contributed by atoms with Crippen molar-refractivity contribution in [2.75, 3.05) is 20.2 Å². The van der Waals surface area contributed by atoms with E-state index in [2.05, 4.69) is 10.0 Å². The molecule has 2 aromatic rings. The van der Waals surface area contributed by atoms with E-state index >= 15 is 0 Å². The zero-order chi connectivity index (χ0) is 18.3. The Morgan fingerprint density at radius 3 is 2.60 bits per heavy atom. The summed E-state index contributed by atoms with van der Waals surface area (Å²) in [6.07, 6.45) is 0.633. The smallest absolute Gasteiger partial charge is 0.241 e. The highest BCUT2D eigenvalue weighted by Gasteiger charge is 2.15. The third kappa shape index (κ3) is 5.88. The summed E-state index contributed by atoms with van der Waals surface area (Å²) in [4.78, 5) is 12.0. The number of benzene rings is 2. The molecule has 0 heterocycles. The van der Waals surface area contributed by atoms with Crippen molar-refractivity contribution < 1.29 is 17.9 Å². The molecule has 0 radical (unpaired) electrons. The van der Waals surface area contributed by atoms with Gasteiger partial charge in [0, 0.05) is 6.54 Å². The van der Waals surface area contributed by atoms with Crippen molar-refractivity contribution in [2.24, 2.45) is 0 Å². The molecular weight excluding hydrogens is 340 g/mol. The summed E-state index contributed by atoms with van der Waals surface area (Å²) in [5.41, 5.74) is 1.87. The minimum atomic E-state index is -3.69. The molecule has 0 bridgehead atoms. The van der Waals surface area contributed by atoms with Crippen molar-refractivity contribution in [2.45, 2.75) is 18.2 Å². The molecule has 0 aliphatic carbocycles. The molecule has 2 N–H and O–H groups in total. The minimum absolute atomic E-state index is 0.150. The first-order valence-corrected chi connectivity index (χ1v) is 9.35. The molecule has 0 spiro atoms. The number of hydrogen-bond donors (Lipinski definition) is 2. The van der Waals surface area contributed by atoms with E-state index in [0.29, 0.717) is 13.0 Å². The molecule has 2 aromatic carbocycles. The van der Waals surface area contributed by atoms with E-state index in [1.807, 2.05) is 37.3 Å². The standard InChI is InChI=1S/C18H22N2O4S/c1-14-5-3-8-17(11-14)25(22,23)20-13-18(21)19-10-9-15-6-4-7-16(12-15)24-2/h3-8,11-12,20H,9-10,13H2,1-2H3,(H,19,21). The molecule has 0 unspecified atom stereocenters. The Balaban J connectivity index is 1.80. The lowest BCUT2D eigenvalue weighted by molar-refractivity contribution is -0.119. The molecule has 0 fully saturated rings. The van der Waals surface area contributed by atoms with E-state index in [1.54, 1.807) is 19.2 Å². The molecule has 0 saturated carbocycles. The van der Waals surface area contributed by atoms with Gasteiger partial charge in [-0.2, -0.15) is 0 Å². The molecule has 0 atom stereocenters. The largest absolute Gasteiger partial charge is 0.497 e. The van der Waals surface area contributed by atoms with Gasteiger partial charge in [0.25, 0.3) is 0 Å². The molecule has 1 amide bonds. The van der Waals surface area contributed by atoms with Gasteiger partial charge < -0.3 is 10.1 Å². The Bertz CT molecular complexity index is 834. The predicted octanol–water partition coefficient (Wildman–Crippen LogP) is 1.64. The minimum Gasteiger partial charge on any atom is -0.497 e. The Hall–Kier alpha value is -2.38.